The molecular weight excluding hydrogens is 200 g/mol. The summed E-state index contributed by atoms with van der Waals surface area (Å²) in [7, 11) is 0. The first-order valence-electron chi connectivity index (χ1n) is 4.62. The fourth-order valence-electron chi connectivity index (χ4n) is 0.742. The molecule has 0 unspecified atom stereocenters. The topological polar surface area (TPSA) is 72.8 Å². The van der Waals surface area contributed by atoms with Gasteiger partial charge in [-0.05, 0) is 6.92 Å². The number of carbonyl (C=O) groups excluding carboxylic acids is 1. The standard InChI is InChI=1S/C10H16O5/c1-8(2)7-14-5-6-15-10(13)4-3-9(11)12/h1,3-7H2,2H3,(H,11,12). The van der Waals surface area contributed by atoms with Crippen molar-refractivity contribution >= 4 is 11.9 Å². The molecule has 0 aliphatic rings. The number of carboxylic acid groups (broad SMARTS) is 1. The summed E-state index contributed by atoms with van der Waals surface area (Å²) in [6.07, 6.45) is -0.304. The van der Waals surface area contributed by atoms with Gasteiger partial charge in [-0.2, -0.15) is 0 Å². The molecule has 0 rings (SSSR count). The molecule has 0 aliphatic carbocycles. The van der Waals surface area contributed by atoms with Gasteiger partial charge in [0.15, 0.2) is 0 Å². The Morgan fingerprint density at radius 2 is 1.93 bits per heavy atom. The Balaban J connectivity index is 3.31. The number of carboxylic acids is 1. The van der Waals surface area contributed by atoms with Gasteiger partial charge in [0, 0.05) is 0 Å². The third-order valence-corrected chi connectivity index (χ3v) is 1.38. The van der Waals surface area contributed by atoms with Crippen LogP contribution in [0.4, 0.5) is 0 Å². The Labute approximate surface area is 88.7 Å². The molecule has 5 heteroatoms. The van der Waals surface area contributed by atoms with E-state index in [1.807, 2.05) is 6.92 Å². The highest BCUT2D eigenvalue weighted by atomic mass is 16.6. The quantitative estimate of drug-likeness (QED) is 0.372. The zero-order valence-corrected chi connectivity index (χ0v) is 8.82. The van der Waals surface area contributed by atoms with Crippen LogP contribution >= 0.6 is 0 Å². The average Bonchev–Trinajstić information content (AvgIpc) is 2.13. The van der Waals surface area contributed by atoms with E-state index in [9.17, 15) is 9.59 Å². The molecule has 0 aromatic carbocycles. The number of carbonyl (C=O) groups is 2. The maximum absolute atomic E-state index is 10.9. The largest absolute Gasteiger partial charge is 0.481 e. The van der Waals surface area contributed by atoms with Crippen LogP contribution in [0, 0.1) is 0 Å². The van der Waals surface area contributed by atoms with Gasteiger partial charge in [0.05, 0.1) is 26.1 Å². The van der Waals surface area contributed by atoms with Crippen LogP contribution in [-0.2, 0) is 19.1 Å². The highest BCUT2D eigenvalue weighted by Gasteiger charge is 2.05. The summed E-state index contributed by atoms with van der Waals surface area (Å²) < 4.78 is 9.80. The molecule has 0 amide bonds. The summed E-state index contributed by atoms with van der Waals surface area (Å²) in [5.74, 6) is -1.53. The summed E-state index contributed by atoms with van der Waals surface area (Å²) in [5.41, 5.74) is 0.896. The highest BCUT2D eigenvalue weighted by Crippen LogP contribution is 1.93. The molecule has 0 saturated heterocycles. The second-order valence-corrected chi connectivity index (χ2v) is 3.12. The molecule has 15 heavy (non-hydrogen) atoms. The molecule has 5 nitrogen and oxygen atoms in total. The lowest BCUT2D eigenvalue weighted by Gasteiger charge is -2.05. The lowest BCUT2D eigenvalue weighted by atomic mass is 10.3. The number of aliphatic carboxylic acids is 1. The number of ether oxygens (including phenoxy) is 2. The minimum atomic E-state index is -1.01. The van der Waals surface area contributed by atoms with Crippen molar-refractivity contribution < 1.29 is 24.2 Å². The zero-order chi connectivity index (χ0) is 11.7. The van der Waals surface area contributed by atoms with Crippen molar-refractivity contribution in [1.29, 1.82) is 0 Å². The van der Waals surface area contributed by atoms with Gasteiger partial charge in [0.25, 0.3) is 0 Å². The van der Waals surface area contributed by atoms with Crippen LogP contribution in [0.25, 0.3) is 0 Å². The fourth-order valence-corrected chi connectivity index (χ4v) is 0.742. The summed E-state index contributed by atoms with van der Waals surface area (Å²) in [6, 6.07) is 0. The molecule has 0 fully saturated rings. The van der Waals surface area contributed by atoms with Crippen LogP contribution in [0.2, 0.25) is 0 Å². The Kier molecular flexibility index (Phi) is 7.27. The van der Waals surface area contributed by atoms with Crippen molar-refractivity contribution in [2.75, 3.05) is 19.8 Å². The SMILES string of the molecule is C=C(C)COCCOC(=O)CCC(=O)O. The number of hydrogen-bond acceptors (Lipinski definition) is 4. The molecule has 0 bridgehead atoms. The van der Waals surface area contributed by atoms with E-state index in [1.54, 1.807) is 0 Å². The van der Waals surface area contributed by atoms with Gasteiger partial charge in [-0.3, -0.25) is 9.59 Å². The molecule has 0 saturated carbocycles. The van der Waals surface area contributed by atoms with Crippen LogP contribution in [0.15, 0.2) is 12.2 Å². The summed E-state index contributed by atoms with van der Waals surface area (Å²) >= 11 is 0. The van der Waals surface area contributed by atoms with Crippen LogP contribution in [0.3, 0.4) is 0 Å². The summed E-state index contributed by atoms with van der Waals surface area (Å²) in [6.45, 7) is 6.35. The van der Waals surface area contributed by atoms with Crippen LogP contribution in [0.5, 0.6) is 0 Å². The number of hydrogen-bond donors (Lipinski definition) is 1. The molecule has 0 aromatic heterocycles. The second kappa shape index (κ2) is 7.99. The van der Waals surface area contributed by atoms with E-state index >= 15 is 0 Å². The minimum Gasteiger partial charge on any atom is -0.481 e. The van der Waals surface area contributed by atoms with E-state index in [4.69, 9.17) is 14.6 Å². The zero-order valence-electron chi connectivity index (χ0n) is 8.82. The fraction of sp³-hybridized carbons (Fsp3) is 0.600. The van der Waals surface area contributed by atoms with Crippen molar-refractivity contribution in [2.24, 2.45) is 0 Å². The maximum Gasteiger partial charge on any atom is 0.306 e. The monoisotopic (exact) mass is 216 g/mol. The predicted octanol–water partition coefficient (Wildman–Crippen LogP) is 0.987. The highest BCUT2D eigenvalue weighted by molar-refractivity contribution is 5.76. The van der Waals surface area contributed by atoms with E-state index < -0.39 is 11.9 Å². The average molecular weight is 216 g/mol. The third-order valence-electron chi connectivity index (χ3n) is 1.38. The van der Waals surface area contributed by atoms with Gasteiger partial charge in [0.2, 0.25) is 0 Å². The van der Waals surface area contributed by atoms with Gasteiger partial charge in [-0.1, -0.05) is 12.2 Å². The maximum atomic E-state index is 10.9. The van der Waals surface area contributed by atoms with Crippen molar-refractivity contribution in [1.82, 2.24) is 0 Å². The van der Waals surface area contributed by atoms with Crippen LogP contribution in [0.1, 0.15) is 19.8 Å². The Morgan fingerprint density at radius 3 is 2.47 bits per heavy atom. The van der Waals surface area contributed by atoms with Crippen molar-refractivity contribution in [3.8, 4) is 0 Å². The first-order valence-corrected chi connectivity index (χ1v) is 4.62. The first-order chi connectivity index (χ1) is 7.02. The van der Waals surface area contributed by atoms with E-state index in [0.29, 0.717) is 13.2 Å². The van der Waals surface area contributed by atoms with Crippen molar-refractivity contribution in [3.63, 3.8) is 0 Å². The van der Waals surface area contributed by atoms with Crippen molar-refractivity contribution in [3.05, 3.63) is 12.2 Å². The molecule has 0 aliphatic heterocycles. The molecule has 86 valence electrons. The minimum absolute atomic E-state index is 0.101. The van der Waals surface area contributed by atoms with Gasteiger partial charge in [-0.25, -0.2) is 0 Å². The first kappa shape index (κ1) is 13.6. The van der Waals surface area contributed by atoms with Gasteiger partial charge >= 0.3 is 11.9 Å². The molecule has 0 radical (unpaired) electrons. The van der Waals surface area contributed by atoms with E-state index in [1.165, 1.54) is 0 Å². The lowest BCUT2D eigenvalue weighted by molar-refractivity contribution is -0.148. The molecule has 1 N–H and O–H groups in total. The van der Waals surface area contributed by atoms with E-state index in [0.717, 1.165) is 5.57 Å². The van der Waals surface area contributed by atoms with E-state index in [2.05, 4.69) is 6.58 Å². The number of esters is 1. The Morgan fingerprint density at radius 1 is 1.27 bits per heavy atom. The van der Waals surface area contributed by atoms with E-state index in [-0.39, 0.29) is 19.4 Å². The third kappa shape index (κ3) is 10.6. The lowest BCUT2D eigenvalue weighted by Crippen LogP contribution is -2.12. The Bertz CT molecular complexity index is 234. The smallest absolute Gasteiger partial charge is 0.306 e. The molecule has 0 atom stereocenters. The number of rotatable bonds is 8. The molecule has 0 heterocycles. The second-order valence-electron chi connectivity index (χ2n) is 3.12. The molecule has 0 aromatic rings. The molecule has 0 spiro atoms. The van der Waals surface area contributed by atoms with Crippen molar-refractivity contribution in [2.45, 2.75) is 19.8 Å². The van der Waals surface area contributed by atoms with Crippen LogP contribution < -0.4 is 0 Å². The summed E-state index contributed by atoms with van der Waals surface area (Å²) in [5, 5.41) is 8.29. The molecular formula is C10H16O5. The summed E-state index contributed by atoms with van der Waals surface area (Å²) in [4.78, 5) is 21.0. The van der Waals surface area contributed by atoms with Gasteiger partial charge < -0.3 is 14.6 Å². The van der Waals surface area contributed by atoms with Gasteiger partial charge in [-0.15, -0.1) is 0 Å². The van der Waals surface area contributed by atoms with Crippen LogP contribution in [-0.4, -0.2) is 36.9 Å². The predicted molar refractivity (Wildman–Crippen MR) is 53.5 cm³/mol. The van der Waals surface area contributed by atoms with Gasteiger partial charge in [0.1, 0.15) is 6.61 Å². The Hall–Kier alpha value is -1.36. The normalized spacial score (nSPS) is 9.67.